The lowest BCUT2D eigenvalue weighted by molar-refractivity contribution is -0.0328. The van der Waals surface area contributed by atoms with Crippen LogP contribution in [0.3, 0.4) is 0 Å². The van der Waals surface area contributed by atoms with E-state index in [9.17, 15) is 18.0 Å². The molecule has 0 aliphatic heterocycles. The van der Waals surface area contributed by atoms with Crippen LogP contribution < -0.4 is 5.32 Å². The number of anilines is 1. The maximum absolute atomic E-state index is 12.6. The van der Waals surface area contributed by atoms with Crippen LogP contribution in [0.15, 0.2) is 29.2 Å². The molecule has 0 bridgehead atoms. The van der Waals surface area contributed by atoms with E-state index in [0.717, 1.165) is 12.8 Å². The normalized spacial score (nSPS) is 14.6. The van der Waals surface area contributed by atoms with E-state index in [4.69, 9.17) is 5.11 Å². The van der Waals surface area contributed by atoms with Gasteiger partial charge in [-0.05, 0) is 49.6 Å². The quantitative estimate of drug-likeness (QED) is 0.577. The van der Waals surface area contributed by atoms with E-state index in [1.807, 2.05) is 0 Å². The number of alkyl halides is 3. The second-order valence-corrected chi connectivity index (χ2v) is 6.44. The van der Waals surface area contributed by atoms with Gasteiger partial charge >= 0.3 is 11.5 Å². The summed E-state index contributed by atoms with van der Waals surface area (Å²) in [6.45, 7) is 0.552. The van der Waals surface area contributed by atoms with Crippen LogP contribution in [-0.2, 0) is 0 Å². The maximum atomic E-state index is 12.6. The van der Waals surface area contributed by atoms with Crippen LogP contribution in [0.1, 0.15) is 25.7 Å². The number of aliphatic hydroxyl groups excluding tert-OH is 1. The SMILES string of the molecule is O=C(Nc1ccccc1SC(F)(F)F)N(CCCCO)C1CC1. The van der Waals surface area contributed by atoms with Gasteiger partial charge in [-0.2, -0.15) is 13.2 Å². The summed E-state index contributed by atoms with van der Waals surface area (Å²) >= 11 is -0.240. The van der Waals surface area contributed by atoms with E-state index in [2.05, 4.69) is 5.32 Å². The molecule has 1 aliphatic rings. The molecule has 2 N–H and O–H groups in total. The molecule has 1 aromatic carbocycles. The number of amides is 2. The Bertz CT molecular complexity index is 536. The minimum Gasteiger partial charge on any atom is -0.396 e. The first-order valence-corrected chi connectivity index (χ1v) is 8.25. The van der Waals surface area contributed by atoms with Gasteiger partial charge < -0.3 is 15.3 Å². The van der Waals surface area contributed by atoms with Crippen LogP contribution in [-0.4, -0.2) is 40.7 Å². The fourth-order valence-electron chi connectivity index (χ4n) is 2.20. The molecular formula is C15H19F3N2O2S. The molecule has 4 nitrogen and oxygen atoms in total. The molecule has 8 heteroatoms. The van der Waals surface area contributed by atoms with Gasteiger partial charge in [0.15, 0.2) is 0 Å². The molecule has 0 spiro atoms. The number of unbranched alkanes of at least 4 members (excludes halogenated alkanes) is 1. The lowest BCUT2D eigenvalue weighted by Gasteiger charge is -2.23. The number of urea groups is 1. The number of halogens is 3. The fraction of sp³-hybridized carbons (Fsp3) is 0.533. The smallest absolute Gasteiger partial charge is 0.396 e. The summed E-state index contributed by atoms with van der Waals surface area (Å²) in [5.41, 5.74) is -4.24. The Labute approximate surface area is 137 Å². The first-order valence-electron chi connectivity index (χ1n) is 7.44. The van der Waals surface area contributed by atoms with E-state index in [1.165, 1.54) is 18.2 Å². The molecule has 0 radical (unpaired) electrons. The number of aliphatic hydroxyl groups is 1. The number of thioether (sulfide) groups is 1. The molecule has 1 fully saturated rings. The molecule has 0 saturated heterocycles. The number of nitrogens with one attached hydrogen (secondary N) is 1. The Morgan fingerprint density at radius 2 is 2.00 bits per heavy atom. The van der Waals surface area contributed by atoms with Gasteiger partial charge in [-0.25, -0.2) is 4.79 Å². The minimum absolute atomic E-state index is 0.0283. The van der Waals surface area contributed by atoms with Crippen molar-refractivity contribution in [1.82, 2.24) is 4.90 Å². The van der Waals surface area contributed by atoms with E-state index in [1.54, 1.807) is 11.0 Å². The number of carbonyl (C=O) groups is 1. The molecule has 1 aliphatic carbocycles. The van der Waals surface area contributed by atoms with Gasteiger partial charge in [0.1, 0.15) is 0 Å². The van der Waals surface area contributed by atoms with Gasteiger partial charge in [0.2, 0.25) is 0 Å². The summed E-state index contributed by atoms with van der Waals surface area (Å²) in [5.74, 6) is 0. The Kier molecular flexibility index (Phi) is 6.17. The average molecular weight is 348 g/mol. The highest BCUT2D eigenvalue weighted by Crippen LogP contribution is 2.40. The Morgan fingerprint density at radius 1 is 1.30 bits per heavy atom. The molecule has 1 saturated carbocycles. The van der Waals surface area contributed by atoms with Crippen LogP contribution in [0.5, 0.6) is 0 Å². The third kappa shape index (κ3) is 5.95. The number of para-hydroxylation sites is 1. The van der Waals surface area contributed by atoms with Crippen LogP contribution >= 0.6 is 11.8 Å². The molecule has 2 amide bonds. The van der Waals surface area contributed by atoms with Crippen molar-refractivity contribution in [2.75, 3.05) is 18.5 Å². The van der Waals surface area contributed by atoms with E-state index < -0.39 is 5.51 Å². The van der Waals surface area contributed by atoms with Crippen molar-refractivity contribution < 1.29 is 23.1 Å². The van der Waals surface area contributed by atoms with Crippen molar-refractivity contribution in [1.29, 1.82) is 0 Å². The fourth-order valence-corrected chi connectivity index (χ4v) is 2.83. The highest BCUT2D eigenvalue weighted by molar-refractivity contribution is 8.00. The first kappa shape index (κ1) is 17.9. The van der Waals surface area contributed by atoms with Crippen molar-refractivity contribution in [3.05, 3.63) is 24.3 Å². The summed E-state index contributed by atoms with van der Waals surface area (Å²) in [6.07, 6.45) is 3.08. The highest BCUT2D eigenvalue weighted by atomic mass is 32.2. The molecule has 2 rings (SSSR count). The van der Waals surface area contributed by atoms with E-state index in [0.29, 0.717) is 19.4 Å². The van der Waals surface area contributed by atoms with Crippen LogP contribution in [0.4, 0.5) is 23.7 Å². The molecule has 0 aromatic heterocycles. The standard InChI is InChI=1S/C15H19F3N2O2S/c16-15(17,18)23-13-6-2-1-5-12(13)19-14(22)20(11-7-8-11)9-3-4-10-21/h1-2,5-6,11,21H,3-4,7-10H2,(H,19,22). The molecule has 0 heterocycles. The van der Waals surface area contributed by atoms with E-state index in [-0.39, 0.29) is 41.0 Å². The predicted octanol–water partition coefficient (Wildman–Crippen LogP) is 4.07. The van der Waals surface area contributed by atoms with Gasteiger partial charge in [-0.3, -0.25) is 0 Å². The molecule has 128 valence electrons. The van der Waals surface area contributed by atoms with Gasteiger partial charge in [0, 0.05) is 24.1 Å². The van der Waals surface area contributed by atoms with Gasteiger partial charge in [0.05, 0.1) is 5.69 Å². The van der Waals surface area contributed by atoms with Crippen LogP contribution in [0, 0.1) is 0 Å². The zero-order valence-electron chi connectivity index (χ0n) is 12.5. The second-order valence-electron chi connectivity index (χ2n) is 5.33. The zero-order valence-corrected chi connectivity index (χ0v) is 13.3. The third-order valence-electron chi connectivity index (χ3n) is 3.41. The number of nitrogens with zero attached hydrogens (tertiary/aromatic N) is 1. The number of rotatable bonds is 7. The van der Waals surface area contributed by atoms with Gasteiger partial charge in [-0.1, -0.05) is 12.1 Å². The topological polar surface area (TPSA) is 52.6 Å². The number of benzene rings is 1. The lowest BCUT2D eigenvalue weighted by Crippen LogP contribution is -2.37. The van der Waals surface area contributed by atoms with Crippen molar-refractivity contribution in [2.45, 2.75) is 42.1 Å². The predicted molar refractivity (Wildman–Crippen MR) is 83.4 cm³/mol. The molecule has 23 heavy (non-hydrogen) atoms. The van der Waals surface area contributed by atoms with Crippen LogP contribution in [0.25, 0.3) is 0 Å². The summed E-state index contributed by atoms with van der Waals surface area (Å²) in [7, 11) is 0. The molecule has 1 aromatic rings. The summed E-state index contributed by atoms with van der Waals surface area (Å²) in [5, 5.41) is 11.4. The zero-order chi connectivity index (χ0) is 16.9. The van der Waals surface area contributed by atoms with Gasteiger partial charge in [-0.15, -0.1) is 0 Å². The third-order valence-corrected chi connectivity index (χ3v) is 4.22. The van der Waals surface area contributed by atoms with Crippen molar-refractivity contribution in [3.63, 3.8) is 0 Å². The van der Waals surface area contributed by atoms with Crippen LogP contribution in [0.2, 0.25) is 0 Å². The van der Waals surface area contributed by atoms with Crippen molar-refractivity contribution >= 4 is 23.5 Å². The molecule has 0 atom stereocenters. The second kappa shape index (κ2) is 7.92. The summed E-state index contributed by atoms with van der Waals surface area (Å²) in [4.78, 5) is 14.0. The first-order chi connectivity index (χ1) is 10.9. The van der Waals surface area contributed by atoms with Crippen molar-refractivity contribution in [2.24, 2.45) is 0 Å². The number of carbonyl (C=O) groups excluding carboxylic acids is 1. The average Bonchev–Trinajstić information content (AvgIpc) is 3.28. The maximum Gasteiger partial charge on any atom is 0.446 e. The Hall–Kier alpha value is -1.41. The van der Waals surface area contributed by atoms with Crippen molar-refractivity contribution in [3.8, 4) is 0 Å². The Balaban J connectivity index is 2.03. The highest BCUT2D eigenvalue weighted by Gasteiger charge is 2.33. The largest absolute Gasteiger partial charge is 0.446 e. The molecule has 0 unspecified atom stereocenters. The number of hydrogen-bond acceptors (Lipinski definition) is 3. The summed E-state index contributed by atoms with van der Waals surface area (Å²) in [6, 6.07) is 5.65. The van der Waals surface area contributed by atoms with E-state index >= 15 is 0 Å². The minimum atomic E-state index is -4.40. The number of hydrogen-bond donors (Lipinski definition) is 2. The Morgan fingerprint density at radius 3 is 2.61 bits per heavy atom. The van der Waals surface area contributed by atoms with Gasteiger partial charge in [0.25, 0.3) is 0 Å². The monoisotopic (exact) mass is 348 g/mol. The molecular weight excluding hydrogens is 329 g/mol. The lowest BCUT2D eigenvalue weighted by atomic mass is 10.3. The summed E-state index contributed by atoms with van der Waals surface area (Å²) < 4.78 is 37.7.